The maximum Gasteiger partial charge on any atom is 0.193 e. The maximum absolute atomic E-state index is 6.02. The molecule has 0 amide bonds. The van der Waals surface area contributed by atoms with E-state index in [9.17, 15) is 0 Å². The number of ether oxygens (including phenoxy) is 3. The third-order valence-corrected chi connectivity index (χ3v) is 3.61. The van der Waals surface area contributed by atoms with Gasteiger partial charge < -0.3 is 25.3 Å². The number of hydrogen-bond acceptors (Lipinski definition) is 4. The van der Waals surface area contributed by atoms with Crippen molar-refractivity contribution in [1.82, 2.24) is 0 Å². The lowest BCUT2D eigenvalue weighted by molar-refractivity contribution is 0.336. The topological polar surface area (TPSA) is 78.1 Å². The van der Waals surface area contributed by atoms with Gasteiger partial charge in [0.2, 0.25) is 0 Å². The molecule has 0 aliphatic rings. The Hall–Kier alpha value is -2.16. The van der Waals surface area contributed by atoms with Crippen LogP contribution in [0.1, 0.15) is 18.1 Å². The molecule has 2 aromatic rings. The van der Waals surface area contributed by atoms with Crippen molar-refractivity contribution < 1.29 is 14.2 Å². The van der Waals surface area contributed by atoms with E-state index in [1.54, 1.807) is 20.3 Å². The molecule has 0 heterocycles. The summed E-state index contributed by atoms with van der Waals surface area (Å²) in [5.74, 6) is 2.48. The Morgan fingerprint density at radius 3 is 2.50 bits per heavy atom. The number of nitrogens with one attached hydrogen (secondary N) is 1. The van der Waals surface area contributed by atoms with E-state index in [4.69, 9.17) is 19.9 Å². The lowest BCUT2D eigenvalue weighted by Gasteiger charge is -2.13. The molecule has 142 valence electrons. The molecule has 3 N–H and O–H groups in total. The van der Waals surface area contributed by atoms with Gasteiger partial charge in [-0.25, -0.2) is 4.99 Å². The average molecular weight is 471 g/mol. The highest BCUT2D eigenvalue weighted by atomic mass is 127. The minimum absolute atomic E-state index is 0. The van der Waals surface area contributed by atoms with E-state index in [0.29, 0.717) is 30.3 Å². The molecule has 0 saturated heterocycles. The summed E-state index contributed by atoms with van der Waals surface area (Å²) in [4.78, 5) is 4.40. The minimum Gasteiger partial charge on any atom is -0.497 e. The summed E-state index contributed by atoms with van der Waals surface area (Å²) in [7, 11) is 3.21. The van der Waals surface area contributed by atoms with Crippen molar-refractivity contribution in [3.8, 4) is 17.2 Å². The van der Waals surface area contributed by atoms with Crippen LogP contribution in [0.25, 0.3) is 0 Å². The minimum atomic E-state index is 0. The van der Waals surface area contributed by atoms with Crippen molar-refractivity contribution in [2.75, 3.05) is 26.1 Å². The Morgan fingerprint density at radius 2 is 1.85 bits per heavy atom. The predicted molar refractivity (Wildman–Crippen MR) is 116 cm³/mol. The number of hydrogen-bond donors (Lipinski definition) is 2. The molecule has 0 aromatic heterocycles. The second-order valence-electron chi connectivity index (χ2n) is 5.44. The summed E-state index contributed by atoms with van der Waals surface area (Å²) in [5.41, 5.74) is 8.84. The van der Waals surface area contributed by atoms with Gasteiger partial charge in [-0.1, -0.05) is 12.1 Å². The number of halogens is 1. The summed E-state index contributed by atoms with van der Waals surface area (Å²) in [6.07, 6.45) is 0. The Kier molecular flexibility index (Phi) is 9.04. The van der Waals surface area contributed by atoms with Gasteiger partial charge in [-0.2, -0.15) is 0 Å². The van der Waals surface area contributed by atoms with Crippen molar-refractivity contribution in [1.29, 1.82) is 0 Å². The van der Waals surface area contributed by atoms with E-state index >= 15 is 0 Å². The number of methoxy groups -OCH3 is 2. The van der Waals surface area contributed by atoms with Crippen molar-refractivity contribution >= 4 is 35.6 Å². The number of rotatable bonds is 7. The molecule has 0 saturated carbocycles. The van der Waals surface area contributed by atoms with Gasteiger partial charge in [0.15, 0.2) is 5.96 Å². The van der Waals surface area contributed by atoms with Gasteiger partial charge in [-0.15, -0.1) is 24.0 Å². The van der Waals surface area contributed by atoms with E-state index in [1.165, 1.54) is 0 Å². The number of guanidine groups is 1. The van der Waals surface area contributed by atoms with E-state index in [-0.39, 0.29) is 29.9 Å². The molecule has 0 unspecified atom stereocenters. The highest BCUT2D eigenvalue weighted by Crippen LogP contribution is 2.28. The highest BCUT2D eigenvalue weighted by Gasteiger charge is 2.07. The molecule has 6 nitrogen and oxygen atoms in total. The maximum atomic E-state index is 6.02. The molecular weight excluding hydrogens is 445 g/mol. The van der Waals surface area contributed by atoms with Crippen LogP contribution in [0.2, 0.25) is 0 Å². The van der Waals surface area contributed by atoms with Crippen LogP contribution in [0, 0.1) is 6.92 Å². The molecule has 26 heavy (non-hydrogen) atoms. The molecule has 0 aliphatic carbocycles. The number of nitrogens with two attached hydrogens (primary N) is 1. The molecule has 2 aromatic carbocycles. The summed E-state index contributed by atoms with van der Waals surface area (Å²) < 4.78 is 16.2. The Labute approximate surface area is 171 Å². The summed E-state index contributed by atoms with van der Waals surface area (Å²) >= 11 is 0. The fourth-order valence-electron chi connectivity index (χ4n) is 2.34. The fourth-order valence-corrected chi connectivity index (χ4v) is 2.34. The summed E-state index contributed by atoms with van der Waals surface area (Å²) in [5, 5.41) is 3.05. The van der Waals surface area contributed by atoms with Crippen LogP contribution in [-0.4, -0.2) is 26.8 Å². The highest BCUT2D eigenvalue weighted by molar-refractivity contribution is 14.0. The first kappa shape index (κ1) is 21.9. The van der Waals surface area contributed by atoms with Gasteiger partial charge in [-0.3, -0.25) is 0 Å². The van der Waals surface area contributed by atoms with Crippen molar-refractivity contribution in [3.63, 3.8) is 0 Å². The SMILES string of the molecule is CCOc1cc(C)ccc1CN=C(N)Nc1cc(OC)ccc1OC.I. The second-order valence-corrected chi connectivity index (χ2v) is 5.44. The zero-order valence-corrected chi connectivity index (χ0v) is 17.9. The number of benzene rings is 2. The second kappa shape index (κ2) is 10.7. The van der Waals surface area contributed by atoms with Gasteiger partial charge in [0.05, 0.1) is 33.1 Å². The summed E-state index contributed by atoms with van der Waals surface area (Å²) in [6.45, 7) is 5.01. The summed E-state index contributed by atoms with van der Waals surface area (Å²) in [6, 6.07) is 11.5. The molecule has 0 aliphatic heterocycles. The first-order chi connectivity index (χ1) is 12.1. The standard InChI is InChI=1S/C19H25N3O3.HI/c1-5-25-18-10-13(2)6-7-14(18)12-21-19(20)22-16-11-15(23-3)8-9-17(16)24-4;/h6-11H,5,12H2,1-4H3,(H3,20,21,22);1H. The van der Waals surface area contributed by atoms with Crippen LogP contribution >= 0.6 is 24.0 Å². The fraction of sp³-hybridized carbons (Fsp3) is 0.316. The third kappa shape index (κ3) is 5.98. The monoisotopic (exact) mass is 471 g/mol. The van der Waals surface area contributed by atoms with Crippen molar-refractivity contribution in [3.05, 3.63) is 47.5 Å². The largest absolute Gasteiger partial charge is 0.497 e. The quantitative estimate of drug-likeness (QED) is 0.363. The Morgan fingerprint density at radius 1 is 1.08 bits per heavy atom. The molecular formula is C19H26IN3O3. The number of nitrogens with zero attached hydrogens (tertiary/aromatic N) is 1. The van der Waals surface area contributed by atoms with Crippen LogP contribution in [0.5, 0.6) is 17.2 Å². The first-order valence-electron chi connectivity index (χ1n) is 8.08. The van der Waals surface area contributed by atoms with Gasteiger partial charge in [0, 0.05) is 11.6 Å². The van der Waals surface area contributed by atoms with Crippen LogP contribution < -0.4 is 25.3 Å². The van der Waals surface area contributed by atoms with E-state index in [0.717, 1.165) is 16.9 Å². The molecule has 7 heteroatoms. The lowest BCUT2D eigenvalue weighted by atomic mass is 10.1. The van der Waals surface area contributed by atoms with Crippen LogP contribution in [-0.2, 0) is 6.54 Å². The molecule has 0 atom stereocenters. The smallest absolute Gasteiger partial charge is 0.193 e. The van der Waals surface area contributed by atoms with Crippen LogP contribution in [0.4, 0.5) is 5.69 Å². The number of anilines is 1. The zero-order chi connectivity index (χ0) is 18.2. The van der Waals surface area contributed by atoms with Gasteiger partial charge in [-0.05, 0) is 37.6 Å². The van der Waals surface area contributed by atoms with Crippen molar-refractivity contribution in [2.24, 2.45) is 10.7 Å². The van der Waals surface area contributed by atoms with Gasteiger partial charge in [0.25, 0.3) is 0 Å². The van der Waals surface area contributed by atoms with Crippen molar-refractivity contribution in [2.45, 2.75) is 20.4 Å². The predicted octanol–water partition coefficient (Wildman–Crippen LogP) is 3.96. The first-order valence-corrected chi connectivity index (χ1v) is 8.08. The van der Waals surface area contributed by atoms with E-state index in [1.807, 2.05) is 44.2 Å². The van der Waals surface area contributed by atoms with E-state index < -0.39 is 0 Å². The number of aliphatic imine (C=N–C) groups is 1. The normalized spacial score (nSPS) is 10.7. The Bertz CT molecular complexity index is 751. The molecule has 0 fully saturated rings. The Balaban J connectivity index is 0.00000338. The zero-order valence-electron chi connectivity index (χ0n) is 15.5. The molecule has 0 radical (unpaired) electrons. The average Bonchev–Trinajstić information content (AvgIpc) is 2.61. The third-order valence-electron chi connectivity index (χ3n) is 3.61. The van der Waals surface area contributed by atoms with Crippen LogP contribution in [0.3, 0.4) is 0 Å². The van der Waals surface area contributed by atoms with Crippen LogP contribution in [0.15, 0.2) is 41.4 Å². The van der Waals surface area contributed by atoms with E-state index in [2.05, 4.69) is 10.3 Å². The van der Waals surface area contributed by atoms with Gasteiger partial charge in [0.1, 0.15) is 17.2 Å². The lowest BCUT2D eigenvalue weighted by Crippen LogP contribution is -2.23. The van der Waals surface area contributed by atoms with Gasteiger partial charge >= 0.3 is 0 Å². The number of aryl methyl sites for hydroxylation is 1. The molecule has 2 rings (SSSR count). The molecule has 0 spiro atoms. The molecule has 0 bridgehead atoms.